The van der Waals surface area contributed by atoms with Gasteiger partial charge in [-0.05, 0) is 44.1 Å². The minimum absolute atomic E-state index is 0.0530. The number of carbonyl (C=O) groups excluding carboxylic acids is 1. The smallest absolute Gasteiger partial charge is 0.246 e. The molecule has 3 nitrogen and oxygen atoms in total. The zero-order valence-electron chi connectivity index (χ0n) is 13.5. The Labute approximate surface area is 127 Å². The van der Waals surface area contributed by atoms with Crippen molar-refractivity contribution in [1.29, 1.82) is 0 Å². The van der Waals surface area contributed by atoms with E-state index in [1.807, 2.05) is 30.3 Å². The molecule has 1 aliphatic heterocycles. The fraction of sp³-hybridized carbons (Fsp3) is 0.611. The van der Waals surface area contributed by atoms with Gasteiger partial charge in [0.25, 0.3) is 0 Å². The lowest BCUT2D eigenvalue weighted by atomic mass is 9.93. The highest BCUT2D eigenvalue weighted by Crippen LogP contribution is 2.46. The van der Waals surface area contributed by atoms with Gasteiger partial charge in [0.2, 0.25) is 5.91 Å². The van der Waals surface area contributed by atoms with Gasteiger partial charge >= 0.3 is 0 Å². The second kappa shape index (κ2) is 5.13. The monoisotopic (exact) mass is 286 g/mol. The Balaban J connectivity index is 1.93. The zero-order chi connectivity index (χ0) is 15.2. The molecule has 1 aromatic carbocycles. The Kier molecular flexibility index (Phi) is 3.56. The van der Waals surface area contributed by atoms with E-state index in [0.717, 1.165) is 5.56 Å². The number of hydrogen-bond acceptors (Lipinski definition) is 2. The van der Waals surface area contributed by atoms with Crippen molar-refractivity contribution in [2.24, 2.45) is 11.8 Å². The van der Waals surface area contributed by atoms with E-state index in [0.29, 0.717) is 11.8 Å². The lowest BCUT2D eigenvalue weighted by Gasteiger charge is -2.41. The molecule has 2 aliphatic rings. The highest BCUT2D eigenvalue weighted by Gasteiger charge is 2.52. The summed E-state index contributed by atoms with van der Waals surface area (Å²) in [5.41, 5.74) is 1.02. The van der Waals surface area contributed by atoms with Crippen LogP contribution in [0.4, 0.5) is 0 Å². The Morgan fingerprint density at radius 2 is 1.81 bits per heavy atom. The third kappa shape index (κ3) is 2.48. The lowest BCUT2D eigenvalue weighted by molar-refractivity contribution is -0.137. The number of rotatable bonds is 4. The van der Waals surface area contributed by atoms with Crippen LogP contribution in [0.25, 0.3) is 0 Å². The molecular weight excluding hydrogens is 260 g/mol. The molecule has 3 heteroatoms. The molecular formula is C18H26N2O. The van der Waals surface area contributed by atoms with Crippen LogP contribution in [0.2, 0.25) is 0 Å². The molecule has 0 bridgehead atoms. The van der Waals surface area contributed by atoms with Crippen LogP contribution in [-0.2, 0) is 4.79 Å². The van der Waals surface area contributed by atoms with Crippen molar-refractivity contribution in [3.8, 4) is 0 Å². The van der Waals surface area contributed by atoms with E-state index in [9.17, 15) is 4.79 Å². The fourth-order valence-electron chi connectivity index (χ4n) is 3.60. The van der Waals surface area contributed by atoms with Gasteiger partial charge in [0, 0.05) is 5.54 Å². The van der Waals surface area contributed by atoms with Crippen LogP contribution >= 0.6 is 0 Å². The van der Waals surface area contributed by atoms with Gasteiger partial charge in [0.05, 0.1) is 6.17 Å². The second-order valence-electron chi connectivity index (χ2n) is 7.34. The first kappa shape index (κ1) is 14.6. The second-order valence-corrected chi connectivity index (χ2v) is 7.34. The number of amides is 1. The molecule has 1 heterocycles. The van der Waals surface area contributed by atoms with Crippen molar-refractivity contribution < 1.29 is 4.79 Å². The maximum Gasteiger partial charge on any atom is 0.246 e. The predicted molar refractivity (Wildman–Crippen MR) is 84.6 cm³/mol. The quantitative estimate of drug-likeness (QED) is 0.921. The molecule has 2 fully saturated rings. The average Bonchev–Trinajstić information content (AvgIpc) is 3.23. The molecule has 21 heavy (non-hydrogen) atoms. The molecule has 0 radical (unpaired) electrons. The number of benzene rings is 1. The van der Waals surface area contributed by atoms with Crippen LogP contribution in [0.15, 0.2) is 30.3 Å². The van der Waals surface area contributed by atoms with E-state index >= 15 is 0 Å². The molecule has 2 atom stereocenters. The molecule has 114 valence electrons. The molecule has 1 saturated carbocycles. The molecule has 0 spiro atoms. The Morgan fingerprint density at radius 1 is 1.19 bits per heavy atom. The first-order valence-electron chi connectivity index (χ1n) is 8.07. The van der Waals surface area contributed by atoms with Crippen molar-refractivity contribution in [2.45, 2.75) is 58.3 Å². The van der Waals surface area contributed by atoms with Crippen molar-refractivity contribution in [2.75, 3.05) is 0 Å². The largest absolute Gasteiger partial charge is 0.320 e. The summed E-state index contributed by atoms with van der Waals surface area (Å²) in [4.78, 5) is 15.2. The standard InChI is InChI=1S/C18H26N2O/c1-12(2)16-19-15(13-8-6-5-7-9-13)17(21)20(16)18(3,4)14-10-11-14/h5-9,12,14-16,19H,10-11H2,1-4H3. The number of nitrogens with one attached hydrogen (secondary N) is 1. The van der Waals surface area contributed by atoms with E-state index < -0.39 is 0 Å². The third-order valence-electron chi connectivity index (χ3n) is 5.06. The lowest BCUT2D eigenvalue weighted by Crippen LogP contribution is -2.54. The first-order valence-corrected chi connectivity index (χ1v) is 8.07. The molecule has 3 rings (SSSR count). The summed E-state index contributed by atoms with van der Waals surface area (Å²) in [5.74, 6) is 1.29. The van der Waals surface area contributed by atoms with Gasteiger partial charge in [0.1, 0.15) is 6.04 Å². The molecule has 1 saturated heterocycles. The van der Waals surface area contributed by atoms with Crippen LogP contribution in [0, 0.1) is 11.8 Å². The van der Waals surface area contributed by atoms with Crippen LogP contribution in [0.1, 0.15) is 52.1 Å². The SMILES string of the molecule is CC(C)C1NC(c2ccccc2)C(=O)N1C(C)(C)C1CC1. The Bertz CT molecular complexity index is 519. The maximum atomic E-state index is 13.1. The molecule has 1 amide bonds. The van der Waals surface area contributed by atoms with E-state index in [-0.39, 0.29) is 23.7 Å². The molecule has 1 N–H and O–H groups in total. The summed E-state index contributed by atoms with van der Waals surface area (Å²) >= 11 is 0. The molecule has 1 aliphatic carbocycles. The van der Waals surface area contributed by atoms with Gasteiger partial charge in [-0.1, -0.05) is 44.2 Å². The summed E-state index contributed by atoms with van der Waals surface area (Å²) in [6, 6.07) is 9.89. The van der Waals surface area contributed by atoms with Gasteiger partial charge < -0.3 is 4.90 Å². The van der Waals surface area contributed by atoms with Crippen LogP contribution in [-0.4, -0.2) is 22.5 Å². The number of nitrogens with zero attached hydrogens (tertiary/aromatic N) is 1. The first-order chi connectivity index (χ1) is 9.93. The summed E-state index contributed by atoms with van der Waals surface area (Å²) < 4.78 is 0. The minimum atomic E-state index is -0.198. The molecule has 0 aromatic heterocycles. The summed E-state index contributed by atoms with van der Waals surface area (Å²) in [7, 11) is 0. The number of hydrogen-bond donors (Lipinski definition) is 1. The fourth-order valence-corrected chi connectivity index (χ4v) is 3.60. The highest BCUT2D eigenvalue weighted by molar-refractivity contribution is 5.86. The van der Waals surface area contributed by atoms with Gasteiger partial charge in [-0.2, -0.15) is 0 Å². The van der Waals surface area contributed by atoms with Crippen molar-refractivity contribution in [1.82, 2.24) is 10.2 Å². The average molecular weight is 286 g/mol. The Hall–Kier alpha value is -1.35. The zero-order valence-corrected chi connectivity index (χ0v) is 13.5. The maximum absolute atomic E-state index is 13.1. The number of carbonyl (C=O) groups is 1. The van der Waals surface area contributed by atoms with Gasteiger partial charge in [-0.15, -0.1) is 0 Å². The summed E-state index contributed by atoms with van der Waals surface area (Å²) in [6.45, 7) is 8.84. The predicted octanol–water partition coefficient (Wildman–Crippen LogP) is 3.33. The summed E-state index contributed by atoms with van der Waals surface area (Å²) in [6.07, 6.45) is 2.62. The highest BCUT2D eigenvalue weighted by atomic mass is 16.2. The van der Waals surface area contributed by atoms with E-state index in [1.165, 1.54) is 12.8 Å². The normalized spacial score (nSPS) is 26.7. The summed E-state index contributed by atoms with van der Waals surface area (Å²) in [5, 5.41) is 3.57. The third-order valence-corrected chi connectivity index (χ3v) is 5.06. The van der Waals surface area contributed by atoms with Crippen molar-refractivity contribution in [3.05, 3.63) is 35.9 Å². The molecule has 1 aromatic rings. The Morgan fingerprint density at radius 3 is 2.33 bits per heavy atom. The minimum Gasteiger partial charge on any atom is -0.320 e. The molecule has 2 unspecified atom stereocenters. The van der Waals surface area contributed by atoms with E-state index in [2.05, 4.69) is 37.9 Å². The van der Waals surface area contributed by atoms with Gasteiger partial charge in [-0.25, -0.2) is 0 Å². The van der Waals surface area contributed by atoms with Crippen molar-refractivity contribution in [3.63, 3.8) is 0 Å². The van der Waals surface area contributed by atoms with Crippen molar-refractivity contribution >= 4 is 5.91 Å². The van der Waals surface area contributed by atoms with Crippen LogP contribution in [0.5, 0.6) is 0 Å². The van der Waals surface area contributed by atoms with Gasteiger partial charge in [0.15, 0.2) is 0 Å². The van der Waals surface area contributed by atoms with Crippen LogP contribution in [0.3, 0.4) is 0 Å². The topological polar surface area (TPSA) is 32.3 Å². The van der Waals surface area contributed by atoms with E-state index in [4.69, 9.17) is 0 Å². The van der Waals surface area contributed by atoms with Crippen LogP contribution < -0.4 is 5.32 Å². The van der Waals surface area contributed by atoms with E-state index in [1.54, 1.807) is 0 Å². The van der Waals surface area contributed by atoms with Gasteiger partial charge in [-0.3, -0.25) is 10.1 Å².